The fraction of sp³-hybridized carbons (Fsp3) is 0.353. The van der Waals surface area contributed by atoms with Crippen LogP contribution in [0.1, 0.15) is 36.5 Å². The number of carbonyl (C=O) groups is 4. The first-order chi connectivity index (χ1) is 21.8. The molecular formula is C34H36O11. The third-order valence-electron chi connectivity index (χ3n) is 6.86. The van der Waals surface area contributed by atoms with E-state index in [1.165, 1.54) is 6.92 Å². The number of benzene rings is 3. The molecule has 238 valence electrons. The molecule has 1 fully saturated rings. The predicted molar refractivity (Wildman–Crippen MR) is 158 cm³/mol. The molecule has 11 heteroatoms. The van der Waals surface area contributed by atoms with Crippen molar-refractivity contribution in [2.24, 2.45) is 0 Å². The molecule has 0 radical (unpaired) electrons. The Labute approximate surface area is 261 Å². The third-order valence-corrected chi connectivity index (χ3v) is 6.86. The van der Waals surface area contributed by atoms with Crippen LogP contribution in [-0.4, -0.2) is 61.7 Å². The molecule has 0 aromatic heterocycles. The first-order valence-electron chi connectivity index (χ1n) is 14.4. The Kier molecular flexibility index (Phi) is 12.6. The summed E-state index contributed by atoms with van der Waals surface area (Å²) in [6.45, 7) is 1.34. The maximum Gasteiger partial charge on any atom is 0.511 e. The minimum Gasteiger partial charge on any atom is -0.467 e. The number of hydrogen-bond acceptors (Lipinski definition) is 11. The fourth-order valence-electron chi connectivity index (χ4n) is 4.57. The molecule has 0 amide bonds. The molecular weight excluding hydrogens is 584 g/mol. The highest BCUT2D eigenvalue weighted by atomic mass is 16.8. The number of methoxy groups -OCH3 is 1. The Bertz CT molecular complexity index is 1380. The quantitative estimate of drug-likeness (QED) is 0.184. The van der Waals surface area contributed by atoms with Gasteiger partial charge in [-0.05, 0) is 23.6 Å². The minimum absolute atomic E-state index is 0.0251. The fourth-order valence-corrected chi connectivity index (χ4v) is 4.57. The first kappa shape index (κ1) is 33.3. The summed E-state index contributed by atoms with van der Waals surface area (Å²) in [5.74, 6) is -1.87. The van der Waals surface area contributed by atoms with Gasteiger partial charge in [0.15, 0.2) is 18.3 Å². The zero-order valence-corrected chi connectivity index (χ0v) is 25.1. The van der Waals surface area contributed by atoms with Crippen LogP contribution in [0.25, 0.3) is 0 Å². The molecule has 1 heterocycles. The lowest BCUT2D eigenvalue weighted by molar-refractivity contribution is -0.304. The van der Waals surface area contributed by atoms with Crippen LogP contribution in [0.3, 0.4) is 0 Å². The van der Waals surface area contributed by atoms with Crippen molar-refractivity contribution in [3.05, 3.63) is 108 Å². The van der Waals surface area contributed by atoms with Crippen molar-refractivity contribution in [1.29, 1.82) is 0 Å². The van der Waals surface area contributed by atoms with Crippen molar-refractivity contribution in [3.63, 3.8) is 0 Å². The molecule has 45 heavy (non-hydrogen) atoms. The van der Waals surface area contributed by atoms with Gasteiger partial charge in [-0.25, -0.2) is 9.59 Å². The van der Waals surface area contributed by atoms with E-state index in [2.05, 4.69) is 0 Å². The summed E-state index contributed by atoms with van der Waals surface area (Å²) < 4.78 is 40.0. The highest BCUT2D eigenvalue weighted by Crippen LogP contribution is 2.32. The summed E-state index contributed by atoms with van der Waals surface area (Å²) in [5.41, 5.74) is 2.29. The van der Waals surface area contributed by atoms with Gasteiger partial charge in [-0.2, -0.15) is 0 Å². The van der Waals surface area contributed by atoms with Gasteiger partial charge in [0.2, 0.25) is 6.29 Å². The average molecular weight is 621 g/mol. The monoisotopic (exact) mass is 620 g/mol. The van der Waals surface area contributed by atoms with Crippen LogP contribution in [0.2, 0.25) is 0 Å². The van der Waals surface area contributed by atoms with E-state index in [1.807, 2.05) is 66.7 Å². The maximum absolute atomic E-state index is 13.0. The maximum atomic E-state index is 13.0. The summed E-state index contributed by atoms with van der Waals surface area (Å²) in [6.07, 6.45) is -8.26. The predicted octanol–water partition coefficient (Wildman–Crippen LogP) is 4.69. The smallest absolute Gasteiger partial charge is 0.467 e. The van der Waals surface area contributed by atoms with Gasteiger partial charge in [0.25, 0.3) is 0 Å². The van der Waals surface area contributed by atoms with E-state index in [9.17, 15) is 19.2 Å². The molecule has 3 aromatic carbocycles. The Hall–Kier alpha value is -4.58. The normalized spacial score (nSPS) is 20.9. The molecule has 0 unspecified atom stereocenters. The van der Waals surface area contributed by atoms with Gasteiger partial charge >= 0.3 is 18.1 Å². The zero-order valence-electron chi connectivity index (χ0n) is 25.1. The Morgan fingerprint density at radius 1 is 0.644 bits per heavy atom. The molecule has 1 aliphatic heterocycles. The molecule has 1 saturated heterocycles. The minimum atomic E-state index is -1.57. The van der Waals surface area contributed by atoms with E-state index < -0.39 is 48.8 Å². The van der Waals surface area contributed by atoms with Gasteiger partial charge in [-0.3, -0.25) is 4.79 Å². The summed E-state index contributed by atoms with van der Waals surface area (Å²) in [6, 6.07) is 27.4. The van der Waals surface area contributed by atoms with Gasteiger partial charge in [-0.15, -0.1) is 0 Å². The van der Waals surface area contributed by atoms with Crippen LogP contribution in [0.5, 0.6) is 0 Å². The lowest BCUT2D eigenvalue weighted by Crippen LogP contribution is -2.63. The number of carbonyl (C=O) groups excluding carboxylic acids is 4. The second-order valence-electron chi connectivity index (χ2n) is 10.3. The Morgan fingerprint density at radius 2 is 1.16 bits per heavy atom. The molecule has 5 atom stereocenters. The lowest BCUT2D eigenvalue weighted by Gasteiger charge is -2.43. The molecule has 0 aliphatic carbocycles. The summed E-state index contributed by atoms with van der Waals surface area (Å²) in [5, 5.41) is 0. The third kappa shape index (κ3) is 10.2. The summed E-state index contributed by atoms with van der Waals surface area (Å²) in [4.78, 5) is 50.3. The number of Topliss-reactive ketones (excluding diaryl/α,β-unsaturated/α-hetero) is 1. The van der Waals surface area contributed by atoms with Crippen molar-refractivity contribution < 1.29 is 52.3 Å². The number of ether oxygens (including phenoxy) is 7. The number of ketones is 1. The van der Waals surface area contributed by atoms with Crippen molar-refractivity contribution >= 4 is 23.9 Å². The standard InChI is InChI=1S/C34H36O11/c1-23(35)18-19-27(36)43-29-28(40-20-24-12-6-3-7-13-24)31(41-21-25-14-8-4-9-15-25)33(44-30(29)32(37)39-2)45-34(38)42-22-26-16-10-5-11-17-26/h3-17,28-31,33H,18-22H2,1-2H3/t28-,29-,30-,31-,33-/m0/s1. The van der Waals surface area contributed by atoms with Gasteiger partial charge in [0.05, 0.1) is 26.7 Å². The van der Waals surface area contributed by atoms with Crippen LogP contribution in [0, 0.1) is 0 Å². The molecule has 4 rings (SSSR count). The van der Waals surface area contributed by atoms with E-state index in [1.54, 1.807) is 24.3 Å². The Balaban J connectivity index is 1.64. The molecule has 1 aliphatic rings. The first-order valence-corrected chi connectivity index (χ1v) is 14.4. The van der Waals surface area contributed by atoms with E-state index >= 15 is 0 Å². The van der Waals surface area contributed by atoms with E-state index in [4.69, 9.17) is 33.2 Å². The van der Waals surface area contributed by atoms with E-state index in [-0.39, 0.29) is 38.4 Å². The molecule has 0 N–H and O–H groups in total. The van der Waals surface area contributed by atoms with Gasteiger partial charge in [0, 0.05) is 6.42 Å². The molecule has 3 aromatic rings. The Morgan fingerprint density at radius 3 is 1.67 bits per heavy atom. The molecule has 0 bridgehead atoms. The van der Waals surface area contributed by atoms with E-state index in [0.717, 1.165) is 23.8 Å². The van der Waals surface area contributed by atoms with Crippen LogP contribution in [0.4, 0.5) is 4.79 Å². The second kappa shape index (κ2) is 17.0. The number of esters is 2. The molecule has 0 spiro atoms. The molecule has 11 nitrogen and oxygen atoms in total. The highest BCUT2D eigenvalue weighted by molar-refractivity contribution is 5.81. The van der Waals surface area contributed by atoms with Crippen LogP contribution >= 0.6 is 0 Å². The topological polar surface area (TPSA) is 133 Å². The van der Waals surface area contributed by atoms with E-state index in [0.29, 0.717) is 0 Å². The van der Waals surface area contributed by atoms with Crippen molar-refractivity contribution in [2.75, 3.05) is 7.11 Å². The van der Waals surface area contributed by atoms with Crippen molar-refractivity contribution in [2.45, 2.75) is 70.3 Å². The summed E-state index contributed by atoms with van der Waals surface area (Å²) in [7, 11) is 1.14. The largest absolute Gasteiger partial charge is 0.511 e. The van der Waals surface area contributed by atoms with Gasteiger partial charge in [-0.1, -0.05) is 91.0 Å². The van der Waals surface area contributed by atoms with Crippen molar-refractivity contribution in [1.82, 2.24) is 0 Å². The zero-order chi connectivity index (χ0) is 32.0. The number of hydrogen-bond donors (Lipinski definition) is 0. The van der Waals surface area contributed by atoms with Gasteiger partial charge in [0.1, 0.15) is 18.5 Å². The van der Waals surface area contributed by atoms with Crippen LogP contribution in [0.15, 0.2) is 91.0 Å². The highest BCUT2D eigenvalue weighted by Gasteiger charge is 2.54. The van der Waals surface area contributed by atoms with Crippen LogP contribution < -0.4 is 0 Å². The molecule has 0 saturated carbocycles. The SMILES string of the molecule is COC(=O)[C@H]1O[C@@H](OC(=O)OCc2ccccc2)[C@@H](OCc2ccccc2)[C@@H](OCc2ccccc2)[C@@H]1OC(=O)CCC(C)=O. The summed E-state index contributed by atoms with van der Waals surface area (Å²) >= 11 is 0. The van der Waals surface area contributed by atoms with Crippen molar-refractivity contribution in [3.8, 4) is 0 Å². The lowest BCUT2D eigenvalue weighted by atomic mass is 9.97. The average Bonchev–Trinajstić information content (AvgIpc) is 3.06. The second-order valence-corrected chi connectivity index (χ2v) is 10.3. The van der Waals surface area contributed by atoms with Crippen LogP contribution in [-0.2, 0) is 67.4 Å². The van der Waals surface area contributed by atoms with Gasteiger partial charge < -0.3 is 38.0 Å². The number of rotatable bonds is 14.